The third-order valence-corrected chi connectivity index (χ3v) is 5.09. The third kappa shape index (κ3) is 3.18. The predicted octanol–water partition coefficient (Wildman–Crippen LogP) is 2.26. The second kappa shape index (κ2) is 6.73. The fraction of sp³-hybridized carbons (Fsp3) is 0.294. The summed E-state index contributed by atoms with van der Waals surface area (Å²) in [6, 6.07) is 5.79. The number of aromatic nitrogens is 3. The molecule has 2 N–H and O–H groups in total. The van der Waals surface area contributed by atoms with Crippen LogP contribution >= 0.6 is 11.3 Å². The van der Waals surface area contributed by atoms with Crippen LogP contribution < -0.4 is 10.6 Å². The van der Waals surface area contributed by atoms with E-state index in [2.05, 4.69) is 25.6 Å². The number of anilines is 1. The van der Waals surface area contributed by atoms with Crippen LogP contribution in [-0.2, 0) is 0 Å². The van der Waals surface area contributed by atoms with Gasteiger partial charge in [0.2, 0.25) is 5.95 Å². The van der Waals surface area contributed by atoms with Crippen LogP contribution in [0.3, 0.4) is 0 Å². The van der Waals surface area contributed by atoms with Crippen LogP contribution in [0, 0.1) is 0 Å². The summed E-state index contributed by atoms with van der Waals surface area (Å²) in [6.45, 7) is 4.09. The van der Waals surface area contributed by atoms with Crippen molar-refractivity contribution in [3.63, 3.8) is 0 Å². The van der Waals surface area contributed by atoms with Gasteiger partial charge >= 0.3 is 0 Å². The molecule has 3 aromatic rings. The highest BCUT2D eigenvalue weighted by molar-refractivity contribution is 7.17. The Morgan fingerprint density at radius 2 is 2.32 bits per heavy atom. The number of amides is 1. The molecule has 4 rings (SSSR count). The second-order valence-electron chi connectivity index (χ2n) is 5.91. The molecule has 0 unspecified atom stereocenters. The summed E-state index contributed by atoms with van der Waals surface area (Å²) in [4.78, 5) is 27.8. The molecule has 1 atom stereocenters. The molecular weight excluding hydrogens is 336 g/mol. The van der Waals surface area contributed by atoms with Crippen LogP contribution in [0.4, 0.5) is 5.95 Å². The zero-order valence-corrected chi connectivity index (χ0v) is 14.6. The monoisotopic (exact) mass is 354 g/mol. The summed E-state index contributed by atoms with van der Waals surface area (Å²) >= 11 is 1.49. The number of pyridine rings is 1. The molecular formula is C17H18N6OS. The van der Waals surface area contributed by atoms with Crippen molar-refractivity contribution in [3.8, 4) is 0 Å². The summed E-state index contributed by atoms with van der Waals surface area (Å²) in [5, 5.41) is 8.39. The van der Waals surface area contributed by atoms with E-state index < -0.39 is 0 Å². The minimum atomic E-state index is -0.0584. The molecule has 1 aliphatic rings. The molecule has 3 aromatic heterocycles. The molecule has 1 amide bonds. The summed E-state index contributed by atoms with van der Waals surface area (Å²) in [6.07, 6.45) is 3.55. The molecule has 0 spiro atoms. The molecule has 1 fully saturated rings. The lowest BCUT2D eigenvalue weighted by Crippen LogP contribution is -2.30. The number of carbonyl (C=O) groups is 1. The normalized spacial score (nSPS) is 15.5. The van der Waals surface area contributed by atoms with Crippen LogP contribution in [-0.4, -0.2) is 45.5 Å². The van der Waals surface area contributed by atoms with Crippen molar-refractivity contribution in [1.82, 2.24) is 25.2 Å². The summed E-state index contributed by atoms with van der Waals surface area (Å²) in [7, 11) is 0. The Kier molecular flexibility index (Phi) is 4.29. The fourth-order valence-corrected chi connectivity index (χ4v) is 3.62. The molecule has 0 aliphatic carbocycles. The Hall–Kier alpha value is -2.58. The molecule has 0 aromatic carbocycles. The average molecular weight is 354 g/mol. The maximum atomic E-state index is 12.8. The zero-order chi connectivity index (χ0) is 17.2. The van der Waals surface area contributed by atoms with Gasteiger partial charge in [0.1, 0.15) is 0 Å². The minimum absolute atomic E-state index is 0.0128. The zero-order valence-electron chi connectivity index (χ0n) is 13.8. The Bertz CT molecular complexity index is 891. The molecule has 0 bridgehead atoms. The van der Waals surface area contributed by atoms with E-state index >= 15 is 0 Å². The number of fused-ring (bicyclic) bond motifs is 1. The van der Waals surface area contributed by atoms with E-state index in [9.17, 15) is 4.79 Å². The van der Waals surface area contributed by atoms with Crippen molar-refractivity contribution < 1.29 is 4.79 Å². The van der Waals surface area contributed by atoms with E-state index in [0.717, 1.165) is 22.3 Å². The summed E-state index contributed by atoms with van der Waals surface area (Å²) in [5.74, 6) is 0.398. The Morgan fingerprint density at radius 1 is 1.40 bits per heavy atom. The predicted molar refractivity (Wildman–Crippen MR) is 97.6 cm³/mol. The van der Waals surface area contributed by atoms with Gasteiger partial charge in [-0.05, 0) is 30.0 Å². The lowest BCUT2D eigenvalue weighted by Gasteiger charge is -2.17. The van der Waals surface area contributed by atoms with Gasteiger partial charge in [0.15, 0.2) is 5.69 Å². The topological polar surface area (TPSA) is 83.0 Å². The molecule has 0 radical (unpaired) electrons. The van der Waals surface area contributed by atoms with Crippen LogP contribution in [0.5, 0.6) is 0 Å². The van der Waals surface area contributed by atoms with Gasteiger partial charge in [-0.1, -0.05) is 6.07 Å². The van der Waals surface area contributed by atoms with Crippen molar-refractivity contribution in [3.05, 3.63) is 47.2 Å². The quantitative estimate of drug-likeness (QED) is 0.748. The Balaban J connectivity index is 1.67. The molecule has 1 aliphatic heterocycles. The maximum Gasteiger partial charge on any atom is 0.275 e. The number of thiophene rings is 1. The van der Waals surface area contributed by atoms with E-state index in [0.29, 0.717) is 24.9 Å². The molecule has 7 nitrogen and oxygen atoms in total. The van der Waals surface area contributed by atoms with Gasteiger partial charge in [0, 0.05) is 25.5 Å². The van der Waals surface area contributed by atoms with Gasteiger partial charge < -0.3 is 10.2 Å². The lowest BCUT2D eigenvalue weighted by molar-refractivity contribution is 0.0787. The first kappa shape index (κ1) is 15.9. The van der Waals surface area contributed by atoms with Gasteiger partial charge in [0.25, 0.3) is 5.91 Å². The third-order valence-electron chi connectivity index (χ3n) is 4.18. The number of hydrogen-bond donors (Lipinski definition) is 2. The maximum absolute atomic E-state index is 12.8. The van der Waals surface area contributed by atoms with Gasteiger partial charge in [-0.25, -0.2) is 9.97 Å². The van der Waals surface area contributed by atoms with Crippen LogP contribution in [0.1, 0.15) is 29.0 Å². The number of nitrogens with zero attached hydrogens (tertiary/aromatic N) is 4. The average Bonchev–Trinajstić information content (AvgIpc) is 3.33. The van der Waals surface area contributed by atoms with Gasteiger partial charge in [-0.2, -0.15) is 0 Å². The largest absolute Gasteiger partial charge is 0.348 e. The van der Waals surface area contributed by atoms with E-state index in [1.165, 1.54) is 11.3 Å². The first-order valence-corrected chi connectivity index (χ1v) is 9.02. The highest BCUT2D eigenvalue weighted by Gasteiger charge is 2.24. The minimum Gasteiger partial charge on any atom is -0.348 e. The number of carbonyl (C=O) groups excluding carboxylic acids is 1. The van der Waals surface area contributed by atoms with E-state index in [4.69, 9.17) is 0 Å². The molecule has 0 saturated carbocycles. The van der Waals surface area contributed by atoms with E-state index in [-0.39, 0.29) is 11.9 Å². The summed E-state index contributed by atoms with van der Waals surface area (Å²) in [5.41, 5.74) is 2.29. The van der Waals surface area contributed by atoms with Crippen LogP contribution in [0.15, 0.2) is 36.0 Å². The van der Waals surface area contributed by atoms with Crippen LogP contribution in [0.2, 0.25) is 0 Å². The number of rotatable bonds is 4. The van der Waals surface area contributed by atoms with E-state index in [1.807, 2.05) is 36.7 Å². The van der Waals surface area contributed by atoms with Crippen molar-refractivity contribution in [2.24, 2.45) is 0 Å². The highest BCUT2D eigenvalue weighted by atomic mass is 32.1. The van der Waals surface area contributed by atoms with Crippen molar-refractivity contribution >= 4 is 33.4 Å². The Labute approximate surface area is 149 Å². The first-order valence-electron chi connectivity index (χ1n) is 8.14. The van der Waals surface area contributed by atoms with E-state index in [1.54, 1.807) is 11.1 Å². The molecule has 25 heavy (non-hydrogen) atoms. The smallest absolute Gasteiger partial charge is 0.275 e. The highest BCUT2D eigenvalue weighted by Crippen LogP contribution is 2.26. The SMILES string of the molecule is C[C@H](Nc1nc(C(=O)N2CCNC2)c2sccc2n1)c1cccnc1. The van der Waals surface area contributed by atoms with Crippen LogP contribution in [0.25, 0.3) is 10.2 Å². The standard InChI is InChI=1S/C17H18N6OS/c1-11(12-3-2-5-18-9-12)20-17-21-13-4-8-25-15(13)14(22-17)16(24)23-7-6-19-10-23/h2-5,8-9,11,19H,6-7,10H2,1H3,(H,20,21,22)/t11-/m0/s1. The first-order chi connectivity index (χ1) is 12.2. The summed E-state index contributed by atoms with van der Waals surface area (Å²) < 4.78 is 0.830. The molecule has 4 heterocycles. The second-order valence-corrected chi connectivity index (χ2v) is 6.83. The van der Waals surface area contributed by atoms with Gasteiger partial charge in [0.05, 0.1) is 22.9 Å². The van der Waals surface area contributed by atoms with Crippen molar-refractivity contribution in [1.29, 1.82) is 0 Å². The fourth-order valence-electron chi connectivity index (χ4n) is 2.81. The Morgan fingerprint density at radius 3 is 3.08 bits per heavy atom. The van der Waals surface area contributed by atoms with Crippen molar-refractivity contribution in [2.45, 2.75) is 13.0 Å². The number of nitrogens with one attached hydrogen (secondary N) is 2. The number of hydrogen-bond acceptors (Lipinski definition) is 7. The lowest BCUT2D eigenvalue weighted by atomic mass is 10.1. The van der Waals surface area contributed by atoms with Gasteiger partial charge in [-0.3, -0.25) is 15.1 Å². The molecule has 8 heteroatoms. The molecule has 1 saturated heterocycles. The molecule has 128 valence electrons. The van der Waals surface area contributed by atoms with Crippen molar-refractivity contribution in [2.75, 3.05) is 25.1 Å². The van der Waals surface area contributed by atoms with Gasteiger partial charge in [-0.15, -0.1) is 11.3 Å².